The lowest BCUT2D eigenvalue weighted by atomic mass is 10.1. The van der Waals surface area contributed by atoms with Gasteiger partial charge in [0.2, 0.25) is 6.41 Å². The summed E-state index contributed by atoms with van der Waals surface area (Å²) in [6.45, 7) is 5.16. The predicted octanol–water partition coefficient (Wildman–Crippen LogP) is 3.42. The fourth-order valence-corrected chi connectivity index (χ4v) is 2.12. The molecule has 0 saturated heterocycles. The van der Waals surface area contributed by atoms with Gasteiger partial charge < -0.3 is 9.64 Å². The van der Waals surface area contributed by atoms with Crippen LogP contribution in [0.15, 0.2) is 48.7 Å². The maximum absolute atomic E-state index is 11.2. The Kier molecular flexibility index (Phi) is 5.95. The summed E-state index contributed by atoms with van der Waals surface area (Å²) in [6.07, 6.45) is 3.60. The van der Waals surface area contributed by atoms with E-state index >= 15 is 0 Å². The highest BCUT2D eigenvalue weighted by molar-refractivity contribution is 5.48. The summed E-state index contributed by atoms with van der Waals surface area (Å²) in [6, 6.07) is 13.8. The molecule has 4 heteroatoms. The number of ether oxygens (including phenoxy) is 1. The molecular formula is C18H22N2O2. The first-order valence-corrected chi connectivity index (χ1v) is 7.55. The molecule has 1 amide bonds. The first-order valence-electron chi connectivity index (χ1n) is 7.55. The molecule has 4 nitrogen and oxygen atoms in total. The van der Waals surface area contributed by atoms with Crippen LogP contribution in [0.3, 0.4) is 0 Å². The number of aromatic nitrogens is 1. The van der Waals surface area contributed by atoms with Crippen LogP contribution in [0, 0.1) is 0 Å². The average Bonchev–Trinajstić information content (AvgIpc) is 2.58. The number of amides is 1. The van der Waals surface area contributed by atoms with E-state index in [1.807, 2.05) is 42.5 Å². The summed E-state index contributed by atoms with van der Waals surface area (Å²) >= 11 is 0. The van der Waals surface area contributed by atoms with E-state index in [0.29, 0.717) is 13.2 Å². The van der Waals surface area contributed by atoms with Gasteiger partial charge in [-0.05, 0) is 43.2 Å². The van der Waals surface area contributed by atoms with Crippen molar-refractivity contribution < 1.29 is 9.53 Å². The van der Waals surface area contributed by atoms with Gasteiger partial charge in [-0.2, -0.15) is 0 Å². The van der Waals surface area contributed by atoms with Gasteiger partial charge in [0.15, 0.2) is 0 Å². The van der Waals surface area contributed by atoms with E-state index < -0.39 is 0 Å². The molecule has 1 unspecified atom stereocenters. The Bertz CT molecular complexity index is 587. The van der Waals surface area contributed by atoms with Crippen LogP contribution in [-0.4, -0.2) is 22.3 Å². The summed E-state index contributed by atoms with van der Waals surface area (Å²) in [7, 11) is 0. The molecule has 0 aliphatic carbocycles. The van der Waals surface area contributed by atoms with Crippen LogP contribution >= 0.6 is 0 Å². The third-order valence-electron chi connectivity index (χ3n) is 3.67. The van der Waals surface area contributed by atoms with Gasteiger partial charge in [0.05, 0.1) is 5.69 Å². The lowest BCUT2D eigenvalue weighted by molar-refractivity contribution is -0.120. The Balaban J connectivity index is 1.99. The molecule has 0 bridgehead atoms. The number of rotatable bonds is 8. The van der Waals surface area contributed by atoms with Gasteiger partial charge in [-0.25, -0.2) is 0 Å². The van der Waals surface area contributed by atoms with E-state index in [2.05, 4.69) is 18.8 Å². The molecule has 22 heavy (non-hydrogen) atoms. The highest BCUT2D eigenvalue weighted by Crippen LogP contribution is 2.17. The summed E-state index contributed by atoms with van der Waals surface area (Å²) in [5.41, 5.74) is 1.95. The second-order valence-electron chi connectivity index (χ2n) is 5.29. The Hall–Kier alpha value is -2.36. The lowest BCUT2D eigenvalue weighted by Crippen LogP contribution is -2.30. The molecule has 1 atom stereocenters. The lowest BCUT2D eigenvalue weighted by Gasteiger charge is -2.24. The maximum atomic E-state index is 11.2. The minimum Gasteiger partial charge on any atom is -0.487 e. The topological polar surface area (TPSA) is 42.4 Å². The molecule has 1 aromatic carbocycles. The van der Waals surface area contributed by atoms with Crippen molar-refractivity contribution in [2.24, 2.45) is 0 Å². The number of hydrogen-bond donors (Lipinski definition) is 0. The van der Waals surface area contributed by atoms with E-state index in [9.17, 15) is 4.79 Å². The van der Waals surface area contributed by atoms with Crippen molar-refractivity contribution in [2.45, 2.75) is 39.5 Å². The standard InChI is InChI=1S/C18H22N2O2/c1-3-15(2)20(14-21)12-16-7-6-9-18(11-16)22-13-17-8-4-5-10-19-17/h4-11,14-15H,3,12-13H2,1-2H3. The number of carbonyl (C=O) groups is 1. The molecule has 0 spiro atoms. The second-order valence-corrected chi connectivity index (χ2v) is 5.29. The summed E-state index contributed by atoms with van der Waals surface area (Å²) in [4.78, 5) is 17.2. The van der Waals surface area contributed by atoms with Crippen molar-refractivity contribution >= 4 is 6.41 Å². The molecule has 0 aliphatic heterocycles. The molecule has 0 aliphatic rings. The van der Waals surface area contributed by atoms with Crippen LogP contribution < -0.4 is 4.74 Å². The van der Waals surface area contributed by atoms with Gasteiger partial charge in [0.1, 0.15) is 12.4 Å². The van der Waals surface area contributed by atoms with E-state index in [1.54, 1.807) is 11.1 Å². The fraction of sp³-hybridized carbons (Fsp3) is 0.333. The summed E-state index contributed by atoms with van der Waals surface area (Å²) in [5.74, 6) is 0.790. The highest BCUT2D eigenvalue weighted by Gasteiger charge is 2.10. The molecule has 116 valence electrons. The zero-order valence-electron chi connectivity index (χ0n) is 13.1. The van der Waals surface area contributed by atoms with Crippen LogP contribution in [-0.2, 0) is 17.9 Å². The molecule has 0 radical (unpaired) electrons. The molecule has 2 rings (SSSR count). The Morgan fingerprint density at radius 1 is 1.27 bits per heavy atom. The Labute approximate surface area is 131 Å². The van der Waals surface area contributed by atoms with Gasteiger partial charge in [-0.1, -0.05) is 25.1 Å². The highest BCUT2D eigenvalue weighted by atomic mass is 16.5. The number of pyridine rings is 1. The maximum Gasteiger partial charge on any atom is 0.210 e. The van der Waals surface area contributed by atoms with Crippen molar-refractivity contribution in [3.05, 3.63) is 59.9 Å². The van der Waals surface area contributed by atoms with E-state index in [-0.39, 0.29) is 6.04 Å². The first kappa shape index (κ1) is 16.0. The Morgan fingerprint density at radius 3 is 2.82 bits per heavy atom. The van der Waals surface area contributed by atoms with Crippen molar-refractivity contribution in [1.82, 2.24) is 9.88 Å². The van der Waals surface area contributed by atoms with Gasteiger partial charge in [-0.3, -0.25) is 9.78 Å². The average molecular weight is 298 g/mol. The van der Waals surface area contributed by atoms with E-state index in [0.717, 1.165) is 29.8 Å². The third kappa shape index (κ3) is 4.58. The number of benzene rings is 1. The number of carbonyl (C=O) groups excluding carboxylic acids is 1. The van der Waals surface area contributed by atoms with Crippen molar-refractivity contribution in [2.75, 3.05) is 0 Å². The quantitative estimate of drug-likeness (QED) is 0.701. The molecular weight excluding hydrogens is 276 g/mol. The van der Waals surface area contributed by atoms with E-state index in [4.69, 9.17) is 4.74 Å². The predicted molar refractivity (Wildman–Crippen MR) is 86.4 cm³/mol. The van der Waals surface area contributed by atoms with Crippen molar-refractivity contribution in [3.8, 4) is 5.75 Å². The summed E-state index contributed by atoms with van der Waals surface area (Å²) in [5, 5.41) is 0. The van der Waals surface area contributed by atoms with Crippen LogP contribution in [0.5, 0.6) is 5.75 Å². The van der Waals surface area contributed by atoms with Crippen LogP contribution in [0.1, 0.15) is 31.5 Å². The van der Waals surface area contributed by atoms with Crippen LogP contribution in [0.25, 0.3) is 0 Å². The molecule has 0 fully saturated rings. The largest absolute Gasteiger partial charge is 0.487 e. The number of nitrogens with zero attached hydrogens (tertiary/aromatic N) is 2. The molecule has 0 saturated carbocycles. The molecule has 1 heterocycles. The smallest absolute Gasteiger partial charge is 0.210 e. The van der Waals surface area contributed by atoms with Crippen LogP contribution in [0.2, 0.25) is 0 Å². The van der Waals surface area contributed by atoms with Crippen molar-refractivity contribution in [3.63, 3.8) is 0 Å². The Morgan fingerprint density at radius 2 is 2.14 bits per heavy atom. The zero-order valence-corrected chi connectivity index (χ0v) is 13.1. The molecule has 1 aromatic heterocycles. The minimum absolute atomic E-state index is 0.232. The van der Waals surface area contributed by atoms with Gasteiger partial charge in [0, 0.05) is 18.8 Å². The van der Waals surface area contributed by atoms with E-state index in [1.165, 1.54) is 0 Å². The SMILES string of the molecule is CCC(C)N(C=O)Cc1cccc(OCc2ccccn2)c1. The normalized spacial score (nSPS) is 11.7. The second kappa shape index (κ2) is 8.17. The fourth-order valence-electron chi connectivity index (χ4n) is 2.12. The number of hydrogen-bond acceptors (Lipinski definition) is 3. The molecule has 2 aromatic rings. The van der Waals surface area contributed by atoms with Crippen molar-refractivity contribution in [1.29, 1.82) is 0 Å². The van der Waals surface area contributed by atoms with Crippen LogP contribution in [0.4, 0.5) is 0 Å². The monoisotopic (exact) mass is 298 g/mol. The molecule has 0 N–H and O–H groups in total. The van der Waals surface area contributed by atoms with Gasteiger partial charge in [0.25, 0.3) is 0 Å². The van der Waals surface area contributed by atoms with Gasteiger partial charge in [-0.15, -0.1) is 0 Å². The van der Waals surface area contributed by atoms with Gasteiger partial charge >= 0.3 is 0 Å². The first-order chi connectivity index (χ1) is 10.7. The minimum atomic E-state index is 0.232. The summed E-state index contributed by atoms with van der Waals surface area (Å²) < 4.78 is 5.77. The third-order valence-corrected chi connectivity index (χ3v) is 3.67. The zero-order chi connectivity index (χ0) is 15.8.